The lowest BCUT2D eigenvalue weighted by Crippen LogP contribution is -2.46. The summed E-state index contributed by atoms with van der Waals surface area (Å²) in [7, 11) is 0. The fourth-order valence-corrected chi connectivity index (χ4v) is 3.31. The minimum Gasteiger partial charge on any atom is -0.362 e. The zero-order valence-electron chi connectivity index (χ0n) is 17.0. The van der Waals surface area contributed by atoms with Crippen LogP contribution in [0.2, 0.25) is 0 Å². The Kier molecular flexibility index (Phi) is 6.77. The Bertz CT molecular complexity index is 1020. The number of para-hydroxylation sites is 1. The number of hydrogen-bond acceptors (Lipinski definition) is 3. The number of nitrogens with zero attached hydrogens (tertiary/aromatic N) is 1. The van der Waals surface area contributed by atoms with Crippen LogP contribution in [0.5, 0.6) is 0 Å². The first-order valence-electron chi connectivity index (χ1n) is 9.87. The molecule has 0 aliphatic rings. The van der Waals surface area contributed by atoms with Crippen LogP contribution in [0, 0.1) is 0 Å². The van der Waals surface area contributed by atoms with Crippen molar-refractivity contribution in [1.29, 1.82) is 0 Å². The van der Waals surface area contributed by atoms with Gasteiger partial charge in [0, 0.05) is 17.5 Å². The van der Waals surface area contributed by atoms with Crippen LogP contribution in [-0.2, 0) is 0 Å². The Morgan fingerprint density at radius 2 is 1.79 bits per heavy atom. The highest BCUT2D eigenvalue weighted by molar-refractivity contribution is 7.80. The molecule has 0 unspecified atom stereocenters. The van der Waals surface area contributed by atoms with E-state index in [1.165, 1.54) is 5.56 Å². The number of pyridine rings is 1. The Morgan fingerprint density at radius 3 is 2.48 bits per heavy atom. The Hall–Kier alpha value is -2.99. The maximum Gasteiger partial charge on any atom is 0.270 e. The quantitative estimate of drug-likeness (QED) is 0.429. The van der Waals surface area contributed by atoms with E-state index in [9.17, 15) is 4.79 Å². The molecule has 0 radical (unpaired) electrons. The van der Waals surface area contributed by atoms with Gasteiger partial charge in [-0.1, -0.05) is 56.3 Å². The van der Waals surface area contributed by atoms with Crippen molar-refractivity contribution in [2.45, 2.75) is 33.1 Å². The van der Waals surface area contributed by atoms with E-state index in [4.69, 9.17) is 17.2 Å². The molecule has 3 N–H and O–H groups in total. The Balaban J connectivity index is 1.95. The van der Waals surface area contributed by atoms with Gasteiger partial charge in [0.25, 0.3) is 5.91 Å². The summed E-state index contributed by atoms with van der Waals surface area (Å²) >= 11 is 5.11. The first-order valence-corrected chi connectivity index (χ1v) is 10.3. The molecule has 1 aromatic heterocycles. The molecule has 0 aliphatic heterocycles. The van der Waals surface area contributed by atoms with Crippen molar-refractivity contribution in [3.8, 4) is 11.3 Å². The normalized spacial score (nSPS) is 11.7. The standard InChI is InChI=1S/C23H26N4OS/c1-4-15(3)16-10-12-17(13-11-16)21-14-19(18-8-6-7-9-20(18)25-21)22(28)26-27-23(29)24-5-2/h6-15H,4-5H2,1-3H3,(H,26,28)(H2,24,27,29)/t15-/m0/s1. The van der Waals surface area contributed by atoms with E-state index in [0.29, 0.717) is 23.1 Å². The highest BCUT2D eigenvalue weighted by atomic mass is 32.1. The molecule has 29 heavy (non-hydrogen) atoms. The van der Waals surface area contributed by atoms with E-state index in [2.05, 4.69) is 54.3 Å². The number of benzene rings is 2. The lowest BCUT2D eigenvalue weighted by Gasteiger charge is -2.13. The predicted octanol–water partition coefficient (Wildman–Crippen LogP) is 4.54. The van der Waals surface area contributed by atoms with Crippen molar-refractivity contribution >= 4 is 34.1 Å². The van der Waals surface area contributed by atoms with Crippen LogP contribution in [0.15, 0.2) is 54.6 Å². The van der Waals surface area contributed by atoms with E-state index in [1.807, 2.05) is 37.3 Å². The van der Waals surface area contributed by atoms with Crippen LogP contribution in [-0.4, -0.2) is 22.5 Å². The summed E-state index contributed by atoms with van der Waals surface area (Å²) in [4.78, 5) is 17.6. The van der Waals surface area contributed by atoms with Crippen molar-refractivity contribution < 1.29 is 4.79 Å². The Labute approximate surface area is 176 Å². The molecule has 150 valence electrons. The second-order valence-corrected chi connectivity index (χ2v) is 7.35. The number of hydrogen-bond donors (Lipinski definition) is 3. The maximum atomic E-state index is 12.8. The molecule has 0 aliphatic carbocycles. The lowest BCUT2D eigenvalue weighted by molar-refractivity contribution is 0.0945. The minimum absolute atomic E-state index is 0.263. The number of carbonyl (C=O) groups is 1. The van der Waals surface area contributed by atoms with Crippen molar-refractivity contribution in [2.24, 2.45) is 0 Å². The zero-order chi connectivity index (χ0) is 20.8. The second-order valence-electron chi connectivity index (χ2n) is 6.94. The first-order chi connectivity index (χ1) is 14.0. The number of aromatic nitrogens is 1. The summed E-state index contributed by atoms with van der Waals surface area (Å²) in [5.74, 6) is 0.253. The summed E-state index contributed by atoms with van der Waals surface area (Å²) in [6, 6.07) is 17.9. The average molecular weight is 407 g/mol. The molecule has 0 saturated heterocycles. The van der Waals surface area contributed by atoms with E-state index in [0.717, 1.165) is 28.6 Å². The van der Waals surface area contributed by atoms with Gasteiger partial charge in [-0.05, 0) is 49.2 Å². The molecule has 2 aromatic carbocycles. The van der Waals surface area contributed by atoms with Gasteiger partial charge in [0.1, 0.15) is 0 Å². The topological polar surface area (TPSA) is 66.0 Å². The third-order valence-corrected chi connectivity index (χ3v) is 5.22. The molecular weight excluding hydrogens is 380 g/mol. The SMILES string of the molecule is CCNC(=S)NNC(=O)c1cc(-c2ccc([C@@H](C)CC)cc2)nc2ccccc12. The zero-order valence-corrected chi connectivity index (χ0v) is 17.8. The van der Waals surface area contributed by atoms with Crippen LogP contribution < -0.4 is 16.2 Å². The van der Waals surface area contributed by atoms with Crippen LogP contribution in [0.3, 0.4) is 0 Å². The number of hydrazine groups is 1. The lowest BCUT2D eigenvalue weighted by atomic mass is 9.96. The molecule has 3 aromatic rings. The number of amides is 1. The van der Waals surface area contributed by atoms with Gasteiger partial charge >= 0.3 is 0 Å². The molecule has 1 heterocycles. The third kappa shape index (κ3) is 4.90. The molecule has 1 amide bonds. The fraction of sp³-hybridized carbons (Fsp3) is 0.261. The van der Waals surface area contributed by atoms with Crippen LogP contribution in [0.25, 0.3) is 22.2 Å². The third-order valence-electron chi connectivity index (χ3n) is 4.98. The van der Waals surface area contributed by atoms with E-state index in [-0.39, 0.29) is 5.91 Å². The molecule has 5 nitrogen and oxygen atoms in total. The molecule has 1 atom stereocenters. The molecule has 6 heteroatoms. The van der Waals surface area contributed by atoms with Gasteiger partial charge in [0.2, 0.25) is 0 Å². The number of rotatable bonds is 5. The van der Waals surface area contributed by atoms with Gasteiger partial charge in [0.15, 0.2) is 5.11 Å². The summed E-state index contributed by atoms with van der Waals surface area (Å²) in [6.07, 6.45) is 1.10. The van der Waals surface area contributed by atoms with Gasteiger partial charge in [-0.15, -0.1) is 0 Å². The summed E-state index contributed by atoms with van der Waals surface area (Å²) in [6.45, 7) is 7.02. The van der Waals surface area contributed by atoms with Crippen LogP contribution in [0.4, 0.5) is 0 Å². The van der Waals surface area contributed by atoms with Gasteiger partial charge < -0.3 is 5.32 Å². The monoisotopic (exact) mass is 406 g/mol. The van der Waals surface area contributed by atoms with E-state index in [1.54, 1.807) is 0 Å². The van der Waals surface area contributed by atoms with Crippen LogP contribution in [0.1, 0.15) is 49.0 Å². The van der Waals surface area contributed by atoms with Crippen LogP contribution >= 0.6 is 12.2 Å². The smallest absolute Gasteiger partial charge is 0.270 e. The van der Waals surface area contributed by atoms with Crippen molar-refractivity contribution in [3.05, 3.63) is 65.7 Å². The second kappa shape index (κ2) is 9.47. The first kappa shape index (κ1) is 20.7. The largest absolute Gasteiger partial charge is 0.362 e. The molecule has 3 rings (SSSR count). The van der Waals surface area contributed by atoms with Gasteiger partial charge in [-0.2, -0.15) is 0 Å². The van der Waals surface area contributed by atoms with Crippen molar-refractivity contribution in [1.82, 2.24) is 21.2 Å². The average Bonchev–Trinajstić information content (AvgIpc) is 2.76. The van der Waals surface area contributed by atoms with Gasteiger partial charge in [0.05, 0.1) is 16.8 Å². The van der Waals surface area contributed by atoms with Crippen molar-refractivity contribution in [2.75, 3.05) is 6.54 Å². The maximum absolute atomic E-state index is 12.8. The molecule has 0 bridgehead atoms. The van der Waals surface area contributed by atoms with E-state index < -0.39 is 0 Å². The van der Waals surface area contributed by atoms with Gasteiger partial charge in [-0.25, -0.2) is 4.98 Å². The highest BCUT2D eigenvalue weighted by Crippen LogP contribution is 2.27. The highest BCUT2D eigenvalue weighted by Gasteiger charge is 2.14. The van der Waals surface area contributed by atoms with Crippen molar-refractivity contribution in [3.63, 3.8) is 0 Å². The minimum atomic E-state index is -0.263. The summed E-state index contributed by atoms with van der Waals surface area (Å²) in [5, 5.41) is 4.11. The Morgan fingerprint density at radius 1 is 1.07 bits per heavy atom. The number of nitrogens with one attached hydrogen (secondary N) is 3. The number of thiocarbonyl (C=S) groups is 1. The summed E-state index contributed by atoms with van der Waals surface area (Å²) in [5.41, 5.74) is 9.76. The fourth-order valence-electron chi connectivity index (χ4n) is 3.11. The van der Waals surface area contributed by atoms with E-state index >= 15 is 0 Å². The molecular formula is C23H26N4OS. The summed E-state index contributed by atoms with van der Waals surface area (Å²) < 4.78 is 0. The molecule has 0 fully saturated rings. The van der Waals surface area contributed by atoms with Gasteiger partial charge in [-0.3, -0.25) is 15.6 Å². The predicted molar refractivity (Wildman–Crippen MR) is 123 cm³/mol. The molecule has 0 spiro atoms. The number of carbonyl (C=O) groups excluding carboxylic acids is 1. The molecule has 0 saturated carbocycles. The number of fused-ring (bicyclic) bond motifs is 1.